The molecule has 0 fully saturated rings. The number of hydrogen-bond donors (Lipinski definition) is 1. The first-order valence-electron chi connectivity index (χ1n) is 5.93. The lowest BCUT2D eigenvalue weighted by Gasteiger charge is -2.18. The minimum atomic E-state index is -0.599. The van der Waals surface area contributed by atoms with E-state index in [0.29, 0.717) is 0 Å². The van der Waals surface area contributed by atoms with Crippen LogP contribution < -0.4 is 5.32 Å². The third kappa shape index (κ3) is 5.14. The largest absolute Gasteiger partial charge is 0.348 e. The summed E-state index contributed by atoms with van der Waals surface area (Å²) in [7, 11) is 4.91. The average Bonchev–Trinajstić information content (AvgIpc) is 2.32. The number of halogens is 2. The zero-order valence-corrected chi connectivity index (χ0v) is 12.4. The van der Waals surface area contributed by atoms with E-state index in [4.69, 9.17) is 11.6 Å². The summed E-state index contributed by atoms with van der Waals surface area (Å²) in [5.41, 5.74) is 0.0618. The van der Waals surface area contributed by atoms with Gasteiger partial charge in [0.1, 0.15) is 5.82 Å². The van der Waals surface area contributed by atoms with Crippen LogP contribution in [0.2, 0.25) is 5.02 Å². The molecule has 0 saturated carbocycles. The van der Waals surface area contributed by atoms with Crippen molar-refractivity contribution in [3.05, 3.63) is 29.0 Å². The Morgan fingerprint density at radius 2 is 1.90 bits per heavy atom. The van der Waals surface area contributed by atoms with Crippen molar-refractivity contribution in [2.45, 2.75) is 0 Å². The van der Waals surface area contributed by atoms with Crippen LogP contribution >= 0.6 is 11.6 Å². The number of nitrogens with one attached hydrogen (secondary N) is 1. The minimum Gasteiger partial charge on any atom is -0.348 e. The maximum Gasteiger partial charge on any atom is 0.238 e. The summed E-state index contributed by atoms with van der Waals surface area (Å²) in [6.07, 6.45) is 0. The zero-order chi connectivity index (χ0) is 15.3. The summed E-state index contributed by atoms with van der Waals surface area (Å²) in [5.74, 6) is -1.11. The van der Waals surface area contributed by atoms with Gasteiger partial charge in [-0.15, -0.1) is 0 Å². The Hall–Kier alpha value is -1.66. The second-order valence-corrected chi connectivity index (χ2v) is 5.07. The predicted molar refractivity (Wildman–Crippen MR) is 76.2 cm³/mol. The molecule has 1 aromatic rings. The molecular formula is C13H17ClFN3O2. The Labute approximate surface area is 122 Å². The van der Waals surface area contributed by atoms with Gasteiger partial charge in [0.2, 0.25) is 11.8 Å². The number of likely N-dealkylation sites (N-methyl/N-ethyl adjacent to an activating group) is 2. The van der Waals surface area contributed by atoms with E-state index >= 15 is 0 Å². The van der Waals surface area contributed by atoms with Crippen LogP contribution in [0.3, 0.4) is 0 Å². The maximum atomic E-state index is 13.5. The van der Waals surface area contributed by atoms with Gasteiger partial charge in [0, 0.05) is 19.1 Å². The molecule has 0 heterocycles. The smallest absolute Gasteiger partial charge is 0.238 e. The molecule has 0 radical (unpaired) electrons. The monoisotopic (exact) mass is 301 g/mol. The number of nitrogens with zero attached hydrogens (tertiary/aromatic N) is 2. The second kappa shape index (κ2) is 7.21. The number of hydrogen-bond acceptors (Lipinski definition) is 3. The highest BCUT2D eigenvalue weighted by atomic mass is 35.5. The number of carbonyl (C=O) groups is 2. The topological polar surface area (TPSA) is 52.7 Å². The third-order valence-electron chi connectivity index (χ3n) is 2.52. The first-order chi connectivity index (χ1) is 9.29. The fourth-order valence-corrected chi connectivity index (χ4v) is 1.61. The van der Waals surface area contributed by atoms with Crippen LogP contribution in [0.15, 0.2) is 18.2 Å². The van der Waals surface area contributed by atoms with Gasteiger partial charge in [-0.05, 0) is 25.2 Å². The molecule has 7 heteroatoms. The third-order valence-corrected chi connectivity index (χ3v) is 2.76. The highest BCUT2D eigenvalue weighted by Gasteiger charge is 2.13. The first-order valence-corrected chi connectivity index (χ1v) is 6.31. The molecule has 1 N–H and O–H groups in total. The van der Waals surface area contributed by atoms with Crippen LogP contribution in [0.1, 0.15) is 0 Å². The van der Waals surface area contributed by atoms with Gasteiger partial charge >= 0.3 is 0 Å². The molecule has 0 bridgehead atoms. The molecule has 0 unspecified atom stereocenters. The van der Waals surface area contributed by atoms with Gasteiger partial charge in [0.25, 0.3) is 0 Å². The number of rotatable bonds is 5. The molecule has 0 aliphatic rings. The summed E-state index contributed by atoms with van der Waals surface area (Å²) in [4.78, 5) is 26.2. The van der Waals surface area contributed by atoms with Crippen molar-refractivity contribution in [1.82, 2.24) is 9.80 Å². The van der Waals surface area contributed by atoms with Crippen LogP contribution in [-0.2, 0) is 9.59 Å². The second-order valence-electron chi connectivity index (χ2n) is 4.63. The van der Waals surface area contributed by atoms with E-state index in [1.165, 1.54) is 17.0 Å². The Bertz CT molecular complexity index is 508. The van der Waals surface area contributed by atoms with Crippen molar-refractivity contribution >= 4 is 29.1 Å². The number of carbonyl (C=O) groups excluding carboxylic acids is 2. The molecule has 0 aliphatic heterocycles. The molecule has 110 valence electrons. The lowest BCUT2D eigenvalue weighted by molar-refractivity contribution is -0.130. The average molecular weight is 302 g/mol. The van der Waals surface area contributed by atoms with Gasteiger partial charge in [0.15, 0.2) is 0 Å². The molecule has 1 rings (SSSR count). The van der Waals surface area contributed by atoms with Gasteiger partial charge < -0.3 is 10.2 Å². The summed E-state index contributed by atoms with van der Waals surface area (Å²) in [6, 6.07) is 4.00. The van der Waals surface area contributed by atoms with E-state index in [1.54, 1.807) is 26.0 Å². The first kappa shape index (κ1) is 16.4. The van der Waals surface area contributed by atoms with Crippen molar-refractivity contribution < 1.29 is 14.0 Å². The van der Waals surface area contributed by atoms with Crippen LogP contribution in [0.5, 0.6) is 0 Å². The Morgan fingerprint density at radius 1 is 1.25 bits per heavy atom. The zero-order valence-electron chi connectivity index (χ0n) is 11.6. The Balaban J connectivity index is 2.53. The van der Waals surface area contributed by atoms with E-state index in [0.717, 1.165) is 6.07 Å². The van der Waals surface area contributed by atoms with Crippen molar-refractivity contribution in [1.29, 1.82) is 0 Å². The van der Waals surface area contributed by atoms with Crippen molar-refractivity contribution in [3.8, 4) is 0 Å². The van der Waals surface area contributed by atoms with E-state index in [1.807, 2.05) is 0 Å². The molecule has 0 saturated heterocycles. The summed E-state index contributed by atoms with van der Waals surface area (Å²) in [6.45, 7) is 0.102. The van der Waals surface area contributed by atoms with E-state index in [9.17, 15) is 14.0 Å². The lowest BCUT2D eigenvalue weighted by atomic mass is 10.3. The van der Waals surface area contributed by atoms with Crippen LogP contribution in [-0.4, -0.2) is 55.8 Å². The number of benzene rings is 1. The van der Waals surface area contributed by atoms with Crippen molar-refractivity contribution in [2.75, 3.05) is 39.5 Å². The van der Waals surface area contributed by atoms with E-state index in [2.05, 4.69) is 5.32 Å². The van der Waals surface area contributed by atoms with Gasteiger partial charge in [-0.2, -0.15) is 0 Å². The molecular weight excluding hydrogens is 285 g/mol. The van der Waals surface area contributed by atoms with Crippen LogP contribution in [0.4, 0.5) is 10.1 Å². The predicted octanol–water partition coefficient (Wildman–Crippen LogP) is 1.44. The normalized spacial score (nSPS) is 10.5. The summed E-state index contributed by atoms with van der Waals surface area (Å²) < 4.78 is 13.5. The number of anilines is 1. The standard InChI is InChI=1S/C13H17ClFN3O2/c1-17(2)13(20)8-18(3)7-12(19)16-11-5-4-9(14)6-10(11)15/h4-6H,7-8H2,1-3H3,(H,16,19). The minimum absolute atomic E-state index is 0.0123. The fraction of sp³-hybridized carbons (Fsp3) is 0.385. The molecule has 0 spiro atoms. The highest BCUT2D eigenvalue weighted by Crippen LogP contribution is 2.18. The fourth-order valence-electron chi connectivity index (χ4n) is 1.45. The van der Waals surface area contributed by atoms with Gasteiger partial charge in [-0.3, -0.25) is 14.5 Å². The molecule has 0 aliphatic carbocycles. The van der Waals surface area contributed by atoms with Gasteiger partial charge in [-0.1, -0.05) is 11.6 Å². The maximum absolute atomic E-state index is 13.5. The highest BCUT2D eigenvalue weighted by molar-refractivity contribution is 6.30. The molecule has 2 amide bonds. The van der Waals surface area contributed by atoms with E-state index in [-0.39, 0.29) is 29.7 Å². The quantitative estimate of drug-likeness (QED) is 0.895. The van der Waals surface area contributed by atoms with Gasteiger partial charge in [-0.25, -0.2) is 4.39 Å². The van der Waals surface area contributed by atoms with Crippen LogP contribution in [0, 0.1) is 5.82 Å². The molecule has 0 aromatic heterocycles. The lowest BCUT2D eigenvalue weighted by Crippen LogP contribution is -2.38. The molecule has 0 atom stereocenters. The van der Waals surface area contributed by atoms with Gasteiger partial charge in [0.05, 0.1) is 18.8 Å². The Morgan fingerprint density at radius 3 is 2.45 bits per heavy atom. The van der Waals surface area contributed by atoms with Crippen molar-refractivity contribution in [3.63, 3.8) is 0 Å². The molecule has 20 heavy (non-hydrogen) atoms. The molecule has 1 aromatic carbocycles. The molecule has 5 nitrogen and oxygen atoms in total. The van der Waals surface area contributed by atoms with Crippen LogP contribution in [0.25, 0.3) is 0 Å². The number of amides is 2. The summed E-state index contributed by atoms with van der Waals surface area (Å²) >= 11 is 5.62. The van der Waals surface area contributed by atoms with Crippen molar-refractivity contribution in [2.24, 2.45) is 0 Å². The Kier molecular flexibility index (Phi) is 5.91. The SMILES string of the molecule is CN(CC(=O)Nc1ccc(Cl)cc1F)CC(=O)N(C)C. The summed E-state index contributed by atoms with van der Waals surface area (Å²) in [5, 5.41) is 2.69. The van der Waals surface area contributed by atoms with E-state index < -0.39 is 11.7 Å².